The van der Waals surface area contributed by atoms with E-state index in [1.54, 1.807) is 24.3 Å². The molecule has 0 bridgehead atoms. The van der Waals surface area contributed by atoms with E-state index in [9.17, 15) is 9.59 Å². The fourth-order valence-electron chi connectivity index (χ4n) is 2.47. The second-order valence-electron chi connectivity index (χ2n) is 6.22. The van der Waals surface area contributed by atoms with E-state index < -0.39 is 12.0 Å². The molecule has 0 heterocycles. The van der Waals surface area contributed by atoms with E-state index in [2.05, 4.69) is 5.32 Å². The van der Waals surface area contributed by atoms with Crippen LogP contribution in [0.5, 0.6) is 5.75 Å². The molecule has 0 aliphatic heterocycles. The van der Waals surface area contributed by atoms with Gasteiger partial charge in [0.1, 0.15) is 18.4 Å². The normalized spacial score (nSPS) is 11.7. The quantitative estimate of drug-likeness (QED) is 0.735. The van der Waals surface area contributed by atoms with Gasteiger partial charge in [-0.25, -0.2) is 4.79 Å². The third-order valence-electron chi connectivity index (χ3n) is 3.86. The maximum atomic E-state index is 12.6. The van der Waals surface area contributed by atoms with E-state index in [-0.39, 0.29) is 18.4 Å². The number of carbonyl (C=O) groups excluding carboxylic acids is 2. The van der Waals surface area contributed by atoms with Crippen molar-refractivity contribution in [2.45, 2.75) is 33.4 Å². The van der Waals surface area contributed by atoms with Crippen LogP contribution in [-0.2, 0) is 16.1 Å². The first-order valence-electron chi connectivity index (χ1n) is 8.76. The van der Waals surface area contributed by atoms with Gasteiger partial charge in [0.05, 0.1) is 12.2 Å². The Hall–Kier alpha value is -2.82. The van der Waals surface area contributed by atoms with Gasteiger partial charge in [-0.2, -0.15) is 0 Å². The van der Waals surface area contributed by atoms with Gasteiger partial charge in [-0.15, -0.1) is 0 Å². The standard InChI is InChI=1S/C21H25NO4/c1-4-25-18-13-9-8-12-17(18)20(23)22-19(15(2)3)21(24)26-14-16-10-6-5-7-11-16/h5-13,15,19H,4,14H2,1-3H3,(H,22,23). The van der Waals surface area contributed by atoms with E-state index >= 15 is 0 Å². The highest BCUT2D eigenvalue weighted by molar-refractivity contribution is 5.99. The summed E-state index contributed by atoms with van der Waals surface area (Å²) in [6, 6.07) is 15.7. The summed E-state index contributed by atoms with van der Waals surface area (Å²) in [7, 11) is 0. The molecule has 0 fully saturated rings. The van der Waals surface area contributed by atoms with Crippen molar-refractivity contribution in [3.8, 4) is 5.75 Å². The molecule has 1 N–H and O–H groups in total. The zero-order chi connectivity index (χ0) is 18.9. The van der Waals surface area contributed by atoms with Gasteiger partial charge in [-0.05, 0) is 30.5 Å². The molecule has 1 unspecified atom stereocenters. The highest BCUT2D eigenvalue weighted by atomic mass is 16.5. The van der Waals surface area contributed by atoms with Gasteiger partial charge in [0.15, 0.2) is 0 Å². The van der Waals surface area contributed by atoms with Crippen LogP contribution in [0.3, 0.4) is 0 Å². The lowest BCUT2D eigenvalue weighted by Crippen LogP contribution is -2.45. The number of para-hydroxylation sites is 1. The average Bonchev–Trinajstić information content (AvgIpc) is 2.65. The Balaban J connectivity index is 2.05. The van der Waals surface area contributed by atoms with Crippen molar-refractivity contribution in [1.82, 2.24) is 5.32 Å². The summed E-state index contributed by atoms with van der Waals surface area (Å²) >= 11 is 0. The van der Waals surface area contributed by atoms with Gasteiger partial charge in [-0.3, -0.25) is 4.79 Å². The topological polar surface area (TPSA) is 64.6 Å². The molecule has 0 saturated carbocycles. The third kappa shape index (κ3) is 5.34. The van der Waals surface area contributed by atoms with Crippen molar-refractivity contribution < 1.29 is 19.1 Å². The molecule has 0 radical (unpaired) electrons. The Kier molecular flexibility index (Phi) is 7.21. The first-order chi connectivity index (χ1) is 12.5. The number of rotatable bonds is 8. The average molecular weight is 355 g/mol. The number of hydrogen-bond donors (Lipinski definition) is 1. The van der Waals surface area contributed by atoms with E-state index in [1.165, 1.54) is 0 Å². The van der Waals surface area contributed by atoms with Crippen LogP contribution >= 0.6 is 0 Å². The molecule has 2 rings (SSSR count). The number of benzene rings is 2. The summed E-state index contributed by atoms with van der Waals surface area (Å²) in [5, 5.41) is 2.77. The predicted molar refractivity (Wildman–Crippen MR) is 99.9 cm³/mol. The van der Waals surface area contributed by atoms with Gasteiger partial charge in [-0.1, -0.05) is 56.3 Å². The molecule has 0 aromatic heterocycles. The van der Waals surface area contributed by atoms with Crippen LogP contribution < -0.4 is 10.1 Å². The number of hydrogen-bond acceptors (Lipinski definition) is 4. The number of esters is 1. The highest BCUT2D eigenvalue weighted by Gasteiger charge is 2.27. The Bertz CT molecular complexity index is 728. The zero-order valence-corrected chi connectivity index (χ0v) is 15.4. The minimum Gasteiger partial charge on any atom is -0.493 e. The van der Waals surface area contributed by atoms with Crippen molar-refractivity contribution in [3.63, 3.8) is 0 Å². The molecule has 26 heavy (non-hydrogen) atoms. The van der Waals surface area contributed by atoms with E-state index in [0.717, 1.165) is 5.56 Å². The third-order valence-corrected chi connectivity index (χ3v) is 3.86. The summed E-state index contributed by atoms with van der Waals surface area (Å²) in [5.41, 5.74) is 1.30. The lowest BCUT2D eigenvalue weighted by atomic mass is 10.0. The Morgan fingerprint density at radius 2 is 1.65 bits per heavy atom. The van der Waals surface area contributed by atoms with Gasteiger partial charge < -0.3 is 14.8 Å². The minimum absolute atomic E-state index is 0.110. The van der Waals surface area contributed by atoms with Crippen LogP contribution in [0.15, 0.2) is 54.6 Å². The van der Waals surface area contributed by atoms with E-state index in [0.29, 0.717) is 17.9 Å². The minimum atomic E-state index is -0.735. The van der Waals surface area contributed by atoms with Crippen molar-refractivity contribution in [3.05, 3.63) is 65.7 Å². The number of carbonyl (C=O) groups is 2. The maximum absolute atomic E-state index is 12.6. The fraction of sp³-hybridized carbons (Fsp3) is 0.333. The largest absolute Gasteiger partial charge is 0.493 e. The maximum Gasteiger partial charge on any atom is 0.329 e. The summed E-state index contributed by atoms with van der Waals surface area (Å²) in [4.78, 5) is 25.1. The molecule has 138 valence electrons. The fourth-order valence-corrected chi connectivity index (χ4v) is 2.47. The van der Waals surface area contributed by atoms with Crippen LogP contribution in [0.4, 0.5) is 0 Å². The van der Waals surface area contributed by atoms with Crippen LogP contribution in [0, 0.1) is 5.92 Å². The number of amides is 1. The Morgan fingerprint density at radius 3 is 2.31 bits per heavy atom. The lowest BCUT2D eigenvalue weighted by molar-refractivity contribution is -0.148. The molecule has 0 aliphatic carbocycles. The first-order valence-corrected chi connectivity index (χ1v) is 8.76. The van der Waals surface area contributed by atoms with Crippen molar-refractivity contribution >= 4 is 11.9 Å². The number of ether oxygens (including phenoxy) is 2. The second kappa shape index (κ2) is 9.61. The monoisotopic (exact) mass is 355 g/mol. The molecule has 0 aliphatic rings. The van der Waals surface area contributed by atoms with Gasteiger partial charge >= 0.3 is 5.97 Å². The zero-order valence-electron chi connectivity index (χ0n) is 15.4. The smallest absolute Gasteiger partial charge is 0.329 e. The second-order valence-corrected chi connectivity index (χ2v) is 6.22. The van der Waals surface area contributed by atoms with E-state index in [1.807, 2.05) is 51.1 Å². The van der Waals surface area contributed by atoms with E-state index in [4.69, 9.17) is 9.47 Å². The summed E-state index contributed by atoms with van der Waals surface area (Å²) < 4.78 is 10.9. The van der Waals surface area contributed by atoms with Crippen LogP contribution in [0.1, 0.15) is 36.7 Å². The lowest BCUT2D eigenvalue weighted by Gasteiger charge is -2.21. The van der Waals surface area contributed by atoms with Crippen LogP contribution in [0.25, 0.3) is 0 Å². The summed E-state index contributed by atoms with van der Waals surface area (Å²) in [5.74, 6) is -0.426. The SMILES string of the molecule is CCOc1ccccc1C(=O)NC(C(=O)OCc1ccccc1)C(C)C. The van der Waals surface area contributed by atoms with Gasteiger partial charge in [0.2, 0.25) is 0 Å². The van der Waals surface area contributed by atoms with Crippen molar-refractivity contribution in [2.75, 3.05) is 6.61 Å². The molecule has 5 heteroatoms. The Labute approximate surface area is 154 Å². The number of nitrogens with one attached hydrogen (secondary N) is 1. The predicted octanol–water partition coefficient (Wildman–Crippen LogP) is 3.58. The van der Waals surface area contributed by atoms with Crippen molar-refractivity contribution in [1.29, 1.82) is 0 Å². The molecule has 2 aromatic carbocycles. The molecular weight excluding hydrogens is 330 g/mol. The molecule has 1 atom stereocenters. The first kappa shape index (κ1) is 19.5. The van der Waals surface area contributed by atoms with Crippen LogP contribution in [-0.4, -0.2) is 24.5 Å². The van der Waals surface area contributed by atoms with Crippen LogP contribution in [0.2, 0.25) is 0 Å². The van der Waals surface area contributed by atoms with Gasteiger partial charge in [0, 0.05) is 0 Å². The molecule has 5 nitrogen and oxygen atoms in total. The van der Waals surface area contributed by atoms with Gasteiger partial charge in [0.25, 0.3) is 5.91 Å². The molecular formula is C21H25NO4. The molecule has 0 saturated heterocycles. The van der Waals surface area contributed by atoms with Crippen molar-refractivity contribution in [2.24, 2.45) is 5.92 Å². The highest BCUT2D eigenvalue weighted by Crippen LogP contribution is 2.18. The summed E-state index contributed by atoms with van der Waals surface area (Å²) in [6.07, 6.45) is 0. The molecule has 1 amide bonds. The molecule has 2 aromatic rings. The molecule has 0 spiro atoms. The summed E-state index contributed by atoms with van der Waals surface area (Å²) in [6.45, 7) is 6.21. The Morgan fingerprint density at radius 1 is 1.00 bits per heavy atom.